The van der Waals surface area contributed by atoms with Crippen LogP contribution in [0.4, 0.5) is 11.4 Å². The Kier molecular flexibility index (Phi) is 7.59. The van der Waals surface area contributed by atoms with Crippen LogP contribution in [0.3, 0.4) is 0 Å². The molecule has 1 aliphatic heterocycles. The molecule has 0 radical (unpaired) electrons. The number of piperazine rings is 1. The molecule has 0 spiro atoms. The second kappa shape index (κ2) is 11.0. The molecule has 33 heavy (non-hydrogen) atoms. The van der Waals surface area contributed by atoms with Crippen LogP contribution in [-0.4, -0.2) is 37.0 Å². The summed E-state index contributed by atoms with van der Waals surface area (Å²) in [6.07, 6.45) is 3.44. The largest absolute Gasteiger partial charge is 0.369 e. The Labute approximate surface area is 197 Å². The molecule has 0 saturated carbocycles. The molecule has 0 unspecified atom stereocenters. The summed E-state index contributed by atoms with van der Waals surface area (Å²) < 4.78 is 0. The summed E-state index contributed by atoms with van der Waals surface area (Å²) in [5.74, 6) is 0.387. The fourth-order valence-electron chi connectivity index (χ4n) is 4.11. The summed E-state index contributed by atoms with van der Waals surface area (Å²) in [5, 5.41) is 2.95. The van der Waals surface area contributed by atoms with Gasteiger partial charge in [0.05, 0.1) is 0 Å². The molecule has 0 aliphatic carbocycles. The van der Waals surface area contributed by atoms with Gasteiger partial charge in [-0.25, -0.2) is 0 Å². The van der Waals surface area contributed by atoms with Crippen LogP contribution in [0.5, 0.6) is 0 Å². The second-order valence-corrected chi connectivity index (χ2v) is 8.94. The molecule has 1 saturated heterocycles. The maximum atomic E-state index is 12.3. The van der Waals surface area contributed by atoms with E-state index in [1.165, 1.54) is 16.8 Å². The monoisotopic (exact) mass is 439 g/mol. The van der Waals surface area contributed by atoms with Crippen molar-refractivity contribution in [2.75, 3.05) is 36.4 Å². The van der Waals surface area contributed by atoms with Gasteiger partial charge in [0.1, 0.15) is 0 Å². The van der Waals surface area contributed by atoms with Crippen molar-refractivity contribution in [3.8, 4) is 0 Å². The molecule has 0 atom stereocenters. The van der Waals surface area contributed by atoms with Gasteiger partial charge in [0.2, 0.25) is 5.91 Å². The average Bonchev–Trinajstić information content (AvgIpc) is 2.85. The predicted molar refractivity (Wildman–Crippen MR) is 139 cm³/mol. The van der Waals surface area contributed by atoms with E-state index < -0.39 is 0 Å². The number of anilines is 2. The lowest BCUT2D eigenvalue weighted by molar-refractivity contribution is -0.111. The number of carbonyl (C=O) groups excluding carboxylic acids is 1. The minimum atomic E-state index is -0.120. The van der Waals surface area contributed by atoms with E-state index in [2.05, 4.69) is 83.6 Å². The molecule has 170 valence electrons. The third-order valence-electron chi connectivity index (χ3n) is 6.15. The summed E-state index contributed by atoms with van der Waals surface area (Å²) in [6.45, 7) is 9.49. The third-order valence-corrected chi connectivity index (χ3v) is 6.15. The molecule has 0 bridgehead atoms. The summed E-state index contributed by atoms with van der Waals surface area (Å²) in [7, 11) is 0. The van der Waals surface area contributed by atoms with E-state index in [1.807, 2.05) is 30.3 Å². The first-order chi connectivity index (χ1) is 16.1. The number of nitrogens with one attached hydrogen (secondary N) is 1. The lowest BCUT2D eigenvalue weighted by atomic mass is 10.0. The Balaban J connectivity index is 1.25. The highest BCUT2D eigenvalue weighted by molar-refractivity contribution is 6.02. The summed E-state index contributed by atoms with van der Waals surface area (Å²) in [6, 6.07) is 27.1. The molecule has 4 heteroatoms. The average molecular weight is 440 g/mol. The van der Waals surface area contributed by atoms with Gasteiger partial charge in [0, 0.05) is 50.2 Å². The minimum Gasteiger partial charge on any atom is -0.369 e. The van der Waals surface area contributed by atoms with E-state index in [0.29, 0.717) is 5.92 Å². The van der Waals surface area contributed by atoms with Crippen LogP contribution in [0.25, 0.3) is 6.08 Å². The van der Waals surface area contributed by atoms with Crippen LogP contribution >= 0.6 is 0 Å². The predicted octanol–water partition coefficient (Wildman–Crippen LogP) is 5.78. The maximum Gasteiger partial charge on any atom is 0.248 e. The number of carbonyl (C=O) groups is 1. The van der Waals surface area contributed by atoms with Gasteiger partial charge < -0.3 is 10.2 Å². The molecule has 1 N–H and O–H groups in total. The number of hydrogen-bond acceptors (Lipinski definition) is 3. The smallest absolute Gasteiger partial charge is 0.248 e. The van der Waals surface area contributed by atoms with Gasteiger partial charge in [-0.05, 0) is 52.9 Å². The fourth-order valence-corrected chi connectivity index (χ4v) is 4.11. The molecule has 0 aromatic heterocycles. The van der Waals surface area contributed by atoms with Crippen molar-refractivity contribution in [2.24, 2.45) is 0 Å². The molecule has 1 heterocycles. The van der Waals surface area contributed by atoms with E-state index in [0.717, 1.165) is 44.0 Å². The molecule has 1 fully saturated rings. The zero-order valence-corrected chi connectivity index (χ0v) is 19.6. The lowest BCUT2D eigenvalue weighted by Crippen LogP contribution is -2.45. The van der Waals surface area contributed by atoms with E-state index in [-0.39, 0.29) is 5.91 Å². The molecular weight excluding hydrogens is 406 g/mol. The third kappa shape index (κ3) is 6.56. The van der Waals surface area contributed by atoms with E-state index in [4.69, 9.17) is 0 Å². The lowest BCUT2D eigenvalue weighted by Gasteiger charge is -2.36. The first-order valence-corrected chi connectivity index (χ1v) is 11.8. The Hall–Kier alpha value is -3.37. The first kappa shape index (κ1) is 22.8. The van der Waals surface area contributed by atoms with Gasteiger partial charge >= 0.3 is 0 Å². The first-order valence-electron chi connectivity index (χ1n) is 11.8. The Morgan fingerprint density at radius 1 is 0.879 bits per heavy atom. The highest BCUT2D eigenvalue weighted by atomic mass is 16.1. The van der Waals surface area contributed by atoms with E-state index >= 15 is 0 Å². The number of benzene rings is 3. The van der Waals surface area contributed by atoms with Crippen molar-refractivity contribution in [3.63, 3.8) is 0 Å². The van der Waals surface area contributed by atoms with E-state index in [9.17, 15) is 4.79 Å². The Morgan fingerprint density at radius 3 is 2.18 bits per heavy atom. The molecular formula is C29H33N3O. The maximum absolute atomic E-state index is 12.3. The van der Waals surface area contributed by atoms with Crippen molar-refractivity contribution in [3.05, 3.63) is 102 Å². The van der Waals surface area contributed by atoms with Crippen LogP contribution < -0.4 is 10.2 Å². The van der Waals surface area contributed by atoms with Crippen LogP contribution in [0.2, 0.25) is 0 Å². The topological polar surface area (TPSA) is 35.6 Å². The van der Waals surface area contributed by atoms with E-state index in [1.54, 1.807) is 6.08 Å². The van der Waals surface area contributed by atoms with Gasteiger partial charge in [-0.2, -0.15) is 0 Å². The van der Waals surface area contributed by atoms with Crippen molar-refractivity contribution in [1.82, 2.24) is 4.90 Å². The van der Waals surface area contributed by atoms with Gasteiger partial charge in [0.25, 0.3) is 0 Å². The van der Waals surface area contributed by atoms with Crippen LogP contribution in [0, 0.1) is 0 Å². The van der Waals surface area contributed by atoms with Crippen LogP contribution in [0.1, 0.15) is 36.5 Å². The number of amides is 1. The number of nitrogens with zero attached hydrogens (tertiary/aromatic N) is 2. The van der Waals surface area contributed by atoms with Gasteiger partial charge in [-0.15, -0.1) is 0 Å². The zero-order valence-electron chi connectivity index (χ0n) is 19.6. The fraction of sp³-hybridized carbons (Fsp3) is 0.276. The molecule has 4 rings (SSSR count). The normalized spacial score (nSPS) is 14.7. The minimum absolute atomic E-state index is 0.120. The highest BCUT2D eigenvalue weighted by Gasteiger charge is 2.17. The van der Waals surface area contributed by atoms with Crippen LogP contribution in [-0.2, 0) is 11.3 Å². The van der Waals surface area contributed by atoms with Crippen molar-refractivity contribution in [1.29, 1.82) is 0 Å². The second-order valence-electron chi connectivity index (χ2n) is 8.94. The Bertz CT molecular complexity index is 1050. The molecule has 3 aromatic rings. The number of rotatable bonds is 7. The van der Waals surface area contributed by atoms with Crippen LogP contribution in [0.15, 0.2) is 84.9 Å². The van der Waals surface area contributed by atoms with Gasteiger partial charge in [-0.1, -0.05) is 68.4 Å². The van der Waals surface area contributed by atoms with Gasteiger partial charge in [0.15, 0.2) is 0 Å². The highest BCUT2D eigenvalue weighted by Crippen LogP contribution is 2.20. The van der Waals surface area contributed by atoms with Crippen molar-refractivity contribution >= 4 is 23.4 Å². The molecule has 1 aliphatic rings. The number of hydrogen-bond donors (Lipinski definition) is 1. The van der Waals surface area contributed by atoms with Crippen molar-refractivity contribution < 1.29 is 4.79 Å². The summed E-state index contributed by atoms with van der Waals surface area (Å²) in [5.41, 5.74) is 5.71. The molecule has 3 aromatic carbocycles. The summed E-state index contributed by atoms with van der Waals surface area (Å²) >= 11 is 0. The van der Waals surface area contributed by atoms with Crippen molar-refractivity contribution in [2.45, 2.75) is 26.3 Å². The SMILES string of the molecule is CC(C)c1ccc(/C=C/C(=O)Nc2ccc(N3CCN(Cc4ccccc4)CC3)cc2)cc1. The molecule has 1 amide bonds. The quantitative estimate of drug-likeness (QED) is 0.474. The summed E-state index contributed by atoms with van der Waals surface area (Å²) in [4.78, 5) is 17.2. The standard InChI is InChI=1S/C29H33N3O/c1-23(2)26-11-8-24(9-12-26)10-17-29(33)30-27-13-15-28(16-14-27)32-20-18-31(19-21-32)22-25-6-4-3-5-7-25/h3-17,23H,18-22H2,1-2H3,(H,30,33)/b17-10+. The Morgan fingerprint density at radius 2 is 1.55 bits per heavy atom. The zero-order chi connectivity index (χ0) is 23.0. The molecule has 4 nitrogen and oxygen atoms in total. The van der Waals surface area contributed by atoms with Gasteiger partial charge in [-0.3, -0.25) is 9.69 Å².